The van der Waals surface area contributed by atoms with Crippen molar-refractivity contribution in [1.29, 1.82) is 0 Å². The first-order valence-corrected chi connectivity index (χ1v) is 5.87. The fraction of sp³-hybridized carbons (Fsp3) is 0. The van der Waals surface area contributed by atoms with Crippen molar-refractivity contribution in [1.82, 2.24) is 4.98 Å². The molecule has 92 valence electrons. The molecular formula is C15H8FNO2. The van der Waals surface area contributed by atoms with Crippen molar-refractivity contribution in [2.75, 3.05) is 0 Å². The van der Waals surface area contributed by atoms with E-state index in [0.717, 1.165) is 5.39 Å². The molecule has 0 aliphatic carbocycles. The van der Waals surface area contributed by atoms with Gasteiger partial charge in [-0.25, -0.2) is 4.39 Å². The molecule has 4 rings (SSSR count). The molecule has 2 heterocycles. The van der Waals surface area contributed by atoms with Crippen LogP contribution in [-0.4, -0.2) is 4.98 Å². The highest BCUT2D eigenvalue weighted by atomic mass is 19.1. The zero-order chi connectivity index (χ0) is 13.0. The highest BCUT2D eigenvalue weighted by molar-refractivity contribution is 6.07. The molecule has 2 aromatic carbocycles. The Morgan fingerprint density at radius 1 is 1.05 bits per heavy atom. The van der Waals surface area contributed by atoms with E-state index in [0.29, 0.717) is 27.6 Å². The van der Waals surface area contributed by atoms with Crippen molar-refractivity contribution in [3.63, 3.8) is 0 Å². The summed E-state index contributed by atoms with van der Waals surface area (Å²) in [5.41, 5.74) is 1.41. The summed E-state index contributed by atoms with van der Waals surface area (Å²) >= 11 is 0. The smallest absolute Gasteiger partial charge is 0.209 e. The van der Waals surface area contributed by atoms with Crippen LogP contribution < -0.4 is 5.43 Å². The number of rotatable bonds is 0. The molecule has 0 fully saturated rings. The van der Waals surface area contributed by atoms with E-state index in [1.54, 1.807) is 12.1 Å². The lowest BCUT2D eigenvalue weighted by Crippen LogP contribution is -2.03. The lowest BCUT2D eigenvalue weighted by atomic mass is 10.1. The SMILES string of the molecule is O=c1c2cc(F)ccc2[nH]c2oc3ccccc3c12. The summed E-state index contributed by atoms with van der Waals surface area (Å²) in [6.07, 6.45) is 0. The highest BCUT2D eigenvalue weighted by Gasteiger charge is 2.13. The molecule has 0 bridgehead atoms. The molecule has 0 aliphatic heterocycles. The van der Waals surface area contributed by atoms with Gasteiger partial charge in [0.25, 0.3) is 0 Å². The summed E-state index contributed by atoms with van der Waals surface area (Å²) in [7, 11) is 0. The normalized spacial score (nSPS) is 11.6. The second-order valence-electron chi connectivity index (χ2n) is 4.45. The Morgan fingerprint density at radius 2 is 1.89 bits per heavy atom. The third kappa shape index (κ3) is 1.34. The van der Waals surface area contributed by atoms with E-state index in [1.807, 2.05) is 18.2 Å². The van der Waals surface area contributed by atoms with Crippen LogP contribution in [0.4, 0.5) is 4.39 Å². The summed E-state index contributed by atoms with van der Waals surface area (Å²) in [5.74, 6) is -0.426. The Bertz CT molecular complexity index is 997. The van der Waals surface area contributed by atoms with Gasteiger partial charge in [-0.1, -0.05) is 18.2 Å². The topological polar surface area (TPSA) is 46.0 Å². The maximum absolute atomic E-state index is 13.3. The second-order valence-corrected chi connectivity index (χ2v) is 4.45. The van der Waals surface area contributed by atoms with Gasteiger partial charge in [0, 0.05) is 10.8 Å². The first-order valence-electron chi connectivity index (χ1n) is 5.87. The first-order chi connectivity index (χ1) is 9.24. The van der Waals surface area contributed by atoms with Crippen molar-refractivity contribution in [3.05, 3.63) is 58.5 Å². The van der Waals surface area contributed by atoms with Gasteiger partial charge in [0.15, 0.2) is 0 Å². The van der Waals surface area contributed by atoms with Crippen LogP contribution in [0.1, 0.15) is 0 Å². The summed E-state index contributed by atoms with van der Waals surface area (Å²) in [6.45, 7) is 0. The van der Waals surface area contributed by atoms with E-state index in [2.05, 4.69) is 4.98 Å². The minimum absolute atomic E-state index is 0.215. The summed E-state index contributed by atoms with van der Waals surface area (Å²) in [5, 5.41) is 1.54. The van der Waals surface area contributed by atoms with Gasteiger partial charge in [-0.05, 0) is 24.3 Å². The number of hydrogen-bond acceptors (Lipinski definition) is 2. The number of fused-ring (bicyclic) bond motifs is 4. The van der Waals surface area contributed by atoms with Crippen LogP contribution in [0, 0.1) is 5.82 Å². The van der Waals surface area contributed by atoms with Crippen molar-refractivity contribution in [3.8, 4) is 0 Å². The average molecular weight is 253 g/mol. The lowest BCUT2D eigenvalue weighted by molar-refractivity contribution is 0.629. The van der Waals surface area contributed by atoms with Crippen LogP contribution in [0.2, 0.25) is 0 Å². The molecule has 1 N–H and O–H groups in total. The summed E-state index contributed by atoms with van der Waals surface area (Å²) in [4.78, 5) is 15.5. The molecule has 4 aromatic rings. The number of aromatic nitrogens is 1. The van der Waals surface area contributed by atoms with E-state index < -0.39 is 5.82 Å². The number of hydrogen-bond donors (Lipinski definition) is 1. The van der Waals surface area contributed by atoms with Crippen molar-refractivity contribution in [2.45, 2.75) is 0 Å². The minimum Gasteiger partial charge on any atom is -0.440 e. The molecule has 0 atom stereocenters. The number of H-pyrrole nitrogens is 1. The zero-order valence-electron chi connectivity index (χ0n) is 9.74. The molecule has 0 amide bonds. The van der Waals surface area contributed by atoms with Crippen LogP contribution in [0.3, 0.4) is 0 Å². The van der Waals surface area contributed by atoms with E-state index in [9.17, 15) is 9.18 Å². The number of pyridine rings is 1. The molecule has 0 radical (unpaired) electrons. The predicted molar refractivity (Wildman–Crippen MR) is 71.8 cm³/mol. The van der Waals surface area contributed by atoms with Crippen LogP contribution in [-0.2, 0) is 0 Å². The predicted octanol–water partition coefficient (Wildman–Crippen LogP) is 3.57. The van der Waals surface area contributed by atoms with Crippen LogP contribution in [0.15, 0.2) is 51.7 Å². The maximum atomic E-state index is 13.3. The number of nitrogens with one attached hydrogen (secondary N) is 1. The molecule has 0 spiro atoms. The molecule has 2 aromatic heterocycles. The number of para-hydroxylation sites is 1. The Labute approximate surface area is 106 Å². The van der Waals surface area contributed by atoms with Crippen molar-refractivity contribution >= 4 is 33.0 Å². The first kappa shape index (κ1) is 10.3. The fourth-order valence-corrected chi connectivity index (χ4v) is 2.43. The quantitative estimate of drug-likeness (QED) is 0.520. The van der Waals surface area contributed by atoms with Crippen molar-refractivity contribution < 1.29 is 8.81 Å². The van der Waals surface area contributed by atoms with E-state index in [4.69, 9.17) is 4.42 Å². The molecule has 0 unspecified atom stereocenters. The Hall–Kier alpha value is -2.62. The number of aromatic amines is 1. The summed E-state index contributed by atoms with van der Waals surface area (Å²) in [6, 6.07) is 11.4. The van der Waals surface area contributed by atoms with E-state index in [-0.39, 0.29) is 5.43 Å². The Morgan fingerprint density at radius 3 is 2.79 bits per heavy atom. The van der Waals surface area contributed by atoms with Crippen molar-refractivity contribution in [2.24, 2.45) is 0 Å². The molecular weight excluding hydrogens is 245 g/mol. The van der Waals surface area contributed by atoms with Gasteiger partial charge >= 0.3 is 0 Å². The minimum atomic E-state index is -0.426. The van der Waals surface area contributed by atoms with Gasteiger partial charge in [-0.2, -0.15) is 0 Å². The Kier molecular flexibility index (Phi) is 1.87. The monoisotopic (exact) mass is 253 g/mol. The van der Waals surface area contributed by atoms with E-state index >= 15 is 0 Å². The van der Waals surface area contributed by atoms with Crippen LogP contribution in [0.25, 0.3) is 33.0 Å². The highest BCUT2D eigenvalue weighted by Crippen LogP contribution is 2.26. The number of halogens is 1. The largest absolute Gasteiger partial charge is 0.440 e. The second kappa shape index (κ2) is 3.45. The molecule has 0 saturated heterocycles. The van der Waals surface area contributed by atoms with Gasteiger partial charge in [0.2, 0.25) is 11.1 Å². The zero-order valence-corrected chi connectivity index (χ0v) is 9.74. The maximum Gasteiger partial charge on any atom is 0.209 e. The molecule has 19 heavy (non-hydrogen) atoms. The van der Waals surface area contributed by atoms with Crippen LogP contribution >= 0.6 is 0 Å². The van der Waals surface area contributed by atoms with Gasteiger partial charge < -0.3 is 9.40 Å². The van der Waals surface area contributed by atoms with E-state index in [1.165, 1.54) is 12.1 Å². The van der Waals surface area contributed by atoms with Gasteiger partial charge in [-0.3, -0.25) is 4.79 Å². The average Bonchev–Trinajstić information content (AvgIpc) is 2.78. The molecule has 3 nitrogen and oxygen atoms in total. The van der Waals surface area contributed by atoms with Gasteiger partial charge in [-0.15, -0.1) is 0 Å². The van der Waals surface area contributed by atoms with Gasteiger partial charge in [0.1, 0.15) is 11.4 Å². The number of furan rings is 1. The molecule has 4 heteroatoms. The van der Waals surface area contributed by atoms with Crippen LogP contribution in [0.5, 0.6) is 0 Å². The summed E-state index contributed by atoms with van der Waals surface area (Å²) < 4.78 is 18.9. The lowest BCUT2D eigenvalue weighted by Gasteiger charge is -1.98. The standard InChI is InChI=1S/C15H8FNO2/c16-8-5-6-11-10(7-8)14(18)13-9-3-1-2-4-12(9)19-15(13)17-11/h1-7H,(H,17,18). The third-order valence-electron chi connectivity index (χ3n) is 3.30. The number of benzene rings is 2. The molecule has 0 aliphatic rings. The molecule has 0 saturated carbocycles. The third-order valence-corrected chi connectivity index (χ3v) is 3.30. The van der Waals surface area contributed by atoms with Gasteiger partial charge in [0.05, 0.1) is 10.9 Å². The fourth-order valence-electron chi connectivity index (χ4n) is 2.43. The Balaban J connectivity index is 2.34.